The average molecular weight is 297 g/mol. The highest BCUT2D eigenvalue weighted by molar-refractivity contribution is 5.57. The minimum absolute atomic E-state index is 0.652. The van der Waals surface area contributed by atoms with Crippen LogP contribution in [0.3, 0.4) is 0 Å². The molecule has 1 N–H and O–H groups in total. The van der Waals surface area contributed by atoms with Crippen molar-refractivity contribution in [2.24, 2.45) is 0 Å². The Labute approximate surface area is 132 Å². The Morgan fingerprint density at radius 3 is 2.50 bits per heavy atom. The zero-order chi connectivity index (χ0) is 15.5. The zero-order valence-corrected chi connectivity index (χ0v) is 13.5. The number of benzene rings is 1. The standard InChI is InChI=1S/C17H23N5/c1-13-4-5-15(12-14(13)2)19-17-18-7-6-16(20-17)22-10-8-21(3)9-11-22/h4-7,12H,8-11H2,1-3H3,(H,18,19,20). The van der Waals surface area contributed by atoms with Crippen molar-refractivity contribution in [3.63, 3.8) is 0 Å². The molecule has 22 heavy (non-hydrogen) atoms. The van der Waals surface area contributed by atoms with Crippen LogP contribution in [-0.4, -0.2) is 48.1 Å². The van der Waals surface area contributed by atoms with Gasteiger partial charge in [0.1, 0.15) is 5.82 Å². The molecule has 5 nitrogen and oxygen atoms in total. The topological polar surface area (TPSA) is 44.3 Å². The van der Waals surface area contributed by atoms with Gasteiger partial charge >= 0.3 is 0 Å². The van der Waals surface area contributed by atoms with Gasteiger partial charge < -0.3 is 15.1 Å². The molecule has 3 rings (SSSR count). The van der Waals surface area contributed by atoms with E-state index in [1.165, 1.54) is 11.1 Å². The number of likely N-dealkylation sites (N-methyl/N-ethyl adjacent to an activating group) is 1. The molecule has 1 aliphatic heterocycles. The van der Waals surface area contributed by atoms with Gasteiger partial charge in [0.2, 0.25) is 5.95 Å². The molecule has 5 heteroatoms. The van der Waals surface area contributed by atoms with Crippen LogP contribution in [0, 0.1) is 13.8 Å². The van der Waals surface area contributed by atoms with E-state index in [1.807, 2.05) is 12.3 Å². The third-order valence-electron chi connectivity index (χ3n) is 4.23. The van der Waals surface area contributed by atoms with Crippen LogP contribution in [0.5, 0.6) is 0 Å². The first-order valence-electron chi connectivity index (χ1n) is 7.72. The van der Waals surface area contributed by atoms with E-state index in [-0.39, 0.29) is 0 Å². The van der Waals surface area contributed by atoms with Crippen LogP contribution in [0.4, 0.5) is 17.5 Å². The molecule has 116 valence electrons. The molecule has 0 aliphatic carbocycles. The molecule has 1 aromatic carbocycles. The molecular weight excluding hydrogens is 274 g/mol. The van der Waals surface area contributed by atoms with Crippen molar-refractivity contribution in [3.05, 3.63) is 41.6 Å². The van der Waals surface area contributed by atoms with Crippen LogP contribution in [-0.2, 0) is 0 Å². The summed E-state index contributed by atoms with van der Waals surface area (Å²) in [5.74, 6) is 1.65. The Bertz CT molecular complexity index is 647. The van der Waals surface area contributed by atoms with Crippen molar-refractivity contribution < 1.29 is 0 Å². The van der Waals surface area contributed by atoms with Crippen molar-refractivity contribution in [2.75, 3.05) is 43.4 Å². The second-order valence-corrected chi connectivity index (χ2v) is 5.95. The second-order valence-electron chi connectivity index (χ2n) is 5.95. The molecule has 1 fully saturated rings. The first-order chi connectivity index (χ1) is 10.6. The van der Waals surface area contributed by atoms with Gasteiger partial charge in [-0.25, -0.2) is 4.98 Å². The highest BCUT2D eigenvalue weighted by atomic mass is 15.3. The van der Waals surface area contributed by atoms with Crippen LogP contribution >= 0.6 is 0 Å². The molecule has 0 spiro atoms. The van der Waals surface area contributed by atoms with E-state index < -0.39 is 0 Å². The fraction of sp³-hybridized carbons (Fsp3) is 0.412. The minimum Gasteiger partial charge on any atom is -0.354 e. The Morgan fingerprint density at radius 2 is 1.77 bits per heavy atom. The third kappa shape index (κ3) is 3.36. The maximum atomic E-state index is 4.65. The molecule has 0 amide bonds. The monoisotopic (exact) mass is 297 g/mol. The lowest BCUT2D eigenvalue weighted by Gasteiger charge is -2.33. The molecule has 1 saturated heterocycles. The van der Waals surface area contributed by atoms with Gasteiger partial charge in [-0.3, -0.25) is 0 Å². The molecular formula is C17H23N5. The summed E-state index contributed by atoms with van der Waals surface area (Å²) in [5.41, 5.74) is 3.58. The Balaban J connectivity index is 1.74. The van der Waals surface area contributed by atoms with Gasteiger partial charge in [0.05, 0.1) is 0 Å². The lowest BCUT2D eigenvalue weighted by molar-refractivity contribution is 0.312. The van der Waals surface area contributed by atoms with E-state index in [0.717, 1.165) is 37.7 Å². The fourth-order valence-electron chi connectivity index (χ4n) is 2.57. The zero-order valence-electron chi connectivity index (χ0n) is 13.5. The number of hydrogen-bond donors (Lipinski definition) is 1. The van der Waals surface area contributed by atoms with Crippen LogP contribution in [0.25, 0.3) is 0 Å². The number of nitrogens with zero attached hydrogens (tertiary/aromatic N) is 4. The van der Waals surface area contributed by atoms with Gasteiger partial charge in [0.15, 0.2) is 0 Å². The van der Waals surface area contributed by atoms with Crippen LogP contribution in [0.2, 0.25) is 0 Å². The summed E-state index contributed by atoms with van der Waals surface area (Å²) in [5, 5.41) is 3.30. The summed E-state index contributed by atoms with van der Waals surface area (Å²) < 4.78 is 0. The quantitative estimate of drug-likeness (QED) is 0.943. The summed E-state index contributed by atoms with van der Waals surface area (Å²) in [4.78, 5) is 13.6. The first-order valence-corrected chi connectivity index (χ1v) is 7.72. The lowest BCUT2D eigenvalue weighted by Crippen LogP contribution is -2.44. The van der Waals surface area contributed by atoms with Gasteiger partial charge in [0, 0.05) is 38.1 Å². The van der Waals surface area contributed by atoms with Crippen molar-refractivity contribution in [1.82, 2.24) is 14.9 Å². The van der Waals surface area contributed by atoms with Gasteiger partial charge in [-0.05, 0) is 50.2 Å². The number of piperazine rings is 1. The summed E-state index contributed by atoms with van der Waals surface area (Å²) in [6.45, 7) is 8.40. The smallest absolute Gasteiger partial charge is 0.229 e. The molecule has 0 saturated carbocycles. The molecule has 0 atom stereocenters. The van der Waals surface area contributed by atoms with Gasteiger partial charge in [-0.2, -0.15) is 4.98 Å². The predicted molar refractivity (Wildman–Crippen MR) is 90.9 cm³/mol. The number of anilines is 3. The van der Waals surface area contributed by atoms with E-state index in [1.54, 1.807) is 0 Å². The number of nitrogens with one attached hydrogen (secondary N) is 1. The average Bonchev–Trinajstić information content (AvgIpc) is 2.52. The maximum absolute atomic E-state index is 4.65. The lowest BCUT2D eigenvalue weighted by atomic mass is 10.1. The summed E-state index contributed by atoms with van der Waals surface area (Å²) in [7, 11) is 2.16. The Hall–Kier alpha value is -2.14. The van der Waals surface area contributed by atoms with Crippen molar-refractivity contribution in [1.29, 1.82) is 0 Å². The highest BCUT2D eigenvalue weighted by Crippen LogP contribution is 2.19. The molecule has 1 aliphatic rings. The second kappa shape index (κ2) is 6.32. The number of aryl methyl sites for hydroxylation is 2. The van der Waals surface area contributed by atoms with Crippen molar-refractivity contribution >= 4 is 17.5 Å². The molecule has 2 heterocycles. The van der Waals surface area contributed by atoms with Crippen molar-refractivity contribution in [3.8, 4) is 0 Å². The van der Waals surface area contributed by atoms with Crippen molar-refractivity contribution in [2.45, 2.75) is 13.8 Å². The van der Waals surface area contributed by atoms with E-state index in [2.05, 4.69) is 64.2 Å². The maximum Gasteiger partial charge on any atom is 0.229 e. The molecule has 0 unspecified atom stereocenters. The van der Waals surface area contributed by atoms with E-state index in [9.17, 15) is 0 Å². The van der Waals surface area contributed by atoms with Crippen LogP contribution < -0.4 is 10.2 Å². The third-order valence-corrected chi connectivity index (χ3v) is 4.23. The number of hydrogen-bond acceptors (Lipinski definition) is 5. The SMILES string of the molecule is Cc1ccc(Nc2nccc(N3CCN(C)CC3)n2)cc1C. The minimum atomic E-state index is 0.652. The molecule has 0 bridgehead atoms. The van der Waals surface area contributed by atoms with Crippen LogP contribution in [0.1, 0.15) is 11.1 Å². The van der Waals surface area contributed by atoms with E-state index in [4.69, 9.17) is 0 Å². The summed E-state index contributed by atoms with van der Waals surface area (Å²) in [6.07, 6.45) is 1.82. The number of rotatable bonds is 3. The van der Waals surface area contributed by atoms with Crippen LogP contribution in [0.15, 0.2) is 30.5 Å². The van der Waals surface area contributed by atoms with Gasteiger partial charge in [-0.1, -0.05) is 6.07 Å². The normalized spacial score (nSPS) is 15.9. The van der Waals surface area contributed by atoms with Gasteiger partial charge in [-0.15, -0.1) is 0 Å². The van der Waals surface area contributed by atoms with E-state index >= 15 is 0 Å². The first kappa shape index (κ1) is 14.8. The van der Waals surface area contributed by atoms with E-state index in [0.29, 0.717) is 5.95 Å². The molecule has 2 aromatic rings. The number of aromatic nitrogens is 2. The largest absolute Gasteiger partial charge is 0.354 e. The highest BCUT2D eigenvalue weighted by Gasteiger charge is 2.15. The summed E-state index contributed by atoms with van der Waals surface area (Å²) in [6, 6.07) is 8.29. The molecule has 0 radical (unpaired) electrons. The Morgan fingerprint density at radius 1 is 1.00 bits per heavy atom. The Kier molecular flexibility index (Phi) is 4.24. The van der Waals surface area contributed by atoms with Gasteiger partial charge in [0.25, 0.3) is 0 Å². The predicted octanol–water partition coefficient (Wildman–Crippen LogP) is 2.59. The fourth-order valence-corrected chi connectivity index (χ4v) is 2.57. The molecule has 1 aromatic heterocycles. The summed E-state index contributed by atoms with van der Waals surface area (Å²) >= 11 is 0.